The predicted molar refractivity (Wildman–Crippen MR) is 103 cm³/mol. The van der Waals surface area contributed by atoms with Gasteiger partial charge in [0.15, 0.2) is 0 Å². The number of imide groups is 1. The largest absolute Gasteiger partial charge is 0.465 e. The average Bonchev–Trinajstić information content (AvgIpc) is 2.91. The number of esters is 1. The van der Waals surface area contributed by atoms with Crippen LogP contribution in [0.5, 0.6) is 0 Å². The maximum Gasteiger partial charge on any atom is 0.337 e. The molecule has 144 valence electrons. The fraction of sp³-hybridized carbons (Fsp3) is 0.200. The van der Waals surface area contributed by atoms with Crippen LogP contribution in [0.1, 0.15) is 44.9 Å². The zero-order chi connectivity index (χ0) is 20.4. The minimum atomic E-state index is -0.556. The summed E-state index contributed by atoms with van der Waals surface area (Å²) in [5.74, 6) is -1.24. The van der Waals surface area contributed by atoms with Gasteiger partial charge in [-0.05, 0) is 50.2 Å². The van der Waals surface area contributed by atoms with Crippen molar-refractivity contribution in [3.05, 3.63) is 59.2 Å². The smallest absolute Gasteiger partial charge is 0.337 e. The van der Waals surface area contributed by atoms with E-state index in [0.717, 1.165) is 0 Å². The number of amides is 4. The second-order valence-corrected chi connectivity index (χ2v) is 6.49. The number of anilines is 2. The van der Waals surface area contributed by atoms with Gasteiger partial charge in [-0.15, -0.1) is 0 Å². The lowest BCUT2D eigenvalue weighted by atomic mass is 10.1. The van der Waals surface area contributed by atoms with E-state index in [-0.39, 0.29) is 23.4 Å². The summed E-state index contributed by atoms with van der Waals surface area (Å²) in [6, 6.07) is 10.0. The van der Waals surface area contributed by atoms with E-state index in [2.05, 4.69) is 15.4 Å². The highest BCUT2D eigenvalue weighted by Crippen LogP contribution is 2.27. The lowest BCUT2D eigenvalue weighted by molar-refractivity contribution is 0.0592. The van der Waals surface area contributed by atoms with Crippen LogP contribution in [-0.2, 0) is 4.74 Å². The molecule has 0 bridgehead atoms. The summed E-state index contributed by atoms with van der Waals surface area (Å²) >= 11 is 0. The van der Waals surface area contributed by atoms with Crippen LogP contribution >= 0.6 is 0 Å². The molecule has 3 rings (SSSR count). The predicted octanol–water partition coefficient (Wildman–Crippen LogP) is 3.12. The van der Waals surface area contributed by atoms with E-state index in [9.17, 15) is 19.2 Å². The molecule has 0 unspecified atom stereocenters. The summed E-state index contributed by atoms with van der Waals surface area (Å²) in [4.78, 5) is 49.7. The van der Waals surface area contributed by atoms with Crippen molar-refractivity contribution < 1.29 is 23.9 Å². The average molecular weight is 381 g/mol. The number of carbonyl (C=O) groups excluding carboxylic acids is 4. The van der Waals surface area contributed by atoms with Gasteiger partial charge in [0.05, 0.1) is 23.8 Å². The standard InChI is InChI=1S/C20H19N3O5/c1-11(2)23-17(24)15-8-7-14(10-16(15)18(23)25)22-20(27)21-13-6-4-5-12(9-13)19(26)28-3/h4-11H,1-3H3,(H2,21,22,27). The Hall–Kier alpha value is -3.68. The Bertz CT molecular complexity index is 984. The first kappa shape index (κ1) is 19.1. The molecule has 1 aliphatic heterocycles. The SMILES string of the molecule is COC(=O)c1cccc(NC(=O)Nc2ccc3c(c2)C(=O)N(C(C)C)C3=O)c1. The maximum atomic E-state index is 12.4. The molecule has 28 heavy (non-hydrogen) atoms. The number of urea groups is 1. The topological polar surface area (TPSA) is 105 Å². The normalized spacial score (nSPS) is 12.8. The Morgan fingerprint density at radius 2 is 1.57 bits per heavy atom. The number of ether oxygens (including phenoxy) is 1. The van der Waals surface area contributed by atoms with Crippen molar-refractivity contribution >= 4 is 35.2 Å². The summed E-state index contributed by atoms with van der Waals surface area (Å²) in [6.07, 6.45) is 0. The van der Waals surface area contributed by atoms with E-state index in [1.807, 2.05) is 0 Å². The van der Waals surface area contributed by atoms with Crippen LogP contribution in [-0.4, -0.2) is 41.9 Å². The molecule has 0 atom stereocenters. The van der Waals surface area contributed by atoms with Crippen molar-refractivity contribution in [1.29, 1.82) is 0 Å². The van der Waals surface area contributed by atoms with Crippen molar-refractivity contribution in [3.63, 3.8) is 0 Å². The van der Waals surface area contributed by atoms with Crippen molar-refractivity contribution in [3.8, 4) is 0 Å². The van der Waals surface area contributed by atoms with E-state index < -0.39 is 12.0 Å². The summed E-state index contributed by atoms with van der Waals surface area (Å²) in [7, 11) is 1.27. The quantitative estimate of drug-likeness (QED) is 0.625. The summed E-state index contributed by atoms with van der Waals surface area (Å²) in [6.45, 7) is 3.52. The lowest BCUT2D eigenvalue weighted by Crippen LogP contribution is -2.35. The van der Waals surface area contributed by atoms with Gasteiger partial charge >= 0.3 is 12.0 Å². The number of nitrogens with zero attached hydrogens (tertiary/aromatic N) is 1. The monoisotopic (exact) mass is 381 g/mol. The molecule has 2 N–H and O–H groups in total. The number of methoxy groups -OCH3 is 1. The van der Waals surface area contributed by atoms with Crippen LogP contribution < -0.4 is 10.6 Å². The molecular formula is C20H19N3O5. The van der Waals surface area contributed by atoms with Crippen molar-refractivity contribution in [2.24, 2.45) is 0 Å². The second-order valence-electron chi connectivity index (χ2n) is 6.49. The van der Waals surface area contributed by atoms with E-state index >= 15 is 0 Å². The zero-order valence-corrected chi connectivity index (χ0v) is 15.6. The van der Waals surface area contributed by atoms with Crippen LogP contribution in [0.4, 0.5) is 16.2 Å². The Morgan fingerprint density at radius 3 is 2.21 bits per heavy atom. The first-order chi connectivity index (χ1) is 13.3. The molecule has 4 amide bonds. The number of carbonyl (C=O) groups is 4. The molecule has 0 spiro atoms. The van der Waals surface area contributed by atoms with Gasteiger partial charge in [0.25, 0.3) is 11.8 Å². The molecular weight excluding hydrogens is 362 g/mol. The molecule has 0 aromatic heterocycles. The molecule has 2 aromatic carbocycles. The van der Waals surface area contributed by atoms with E-state index in [4.69, 9.17) is 0 Å². The zero-order valence-electron chi connectivity index (χ0n) is 15.6. The number of benzene rings is 2. The molecule has 0 radical (unpaired) electrons. The van der Waals surface area contributed by atoms with Crippen LogP contribution in [0.2, 0.25) is 0 Å². The third kappa shape index (κ3) is 3.57. The first-order valence-corrected chi connectivity index (χ1v) is 8.60. The molecule has 0 aliphatic carbocycles. The maximum absolute atomic E-state index is 12.4. The lowest BCUT2D eigenvalue weighted by Gasteiger charge is -2.17. The molecule has 8 heteroatoms. The number of hydrogen-bond donors (Lipinski definition) is 2. The molecule has 8 nitrogen and oxygen atoms in total. The summed E-state index contributed by atoms with van der Waals surface area (Å²) in [5.41, 5.74) is 1.64. The van der Waals surface area contributed by atoms with Crippen LogP contribution in [0.25, 0.3) is 0 Å². The Balaban J connectivity index is 1.74. The minimum absolute atomic E-state index is 0.254. The van der Waals surface area contributed by atoms with E-state index in [1.165, 1.54) is 30.2 Å². The highest BCUT2D eigenvalue weighted by molar-refractivity contribution is 6.22. The van der Waals surface area contributed by atoms with Crippen LogP contribution in [0, 0.1) is 0 Å². The summed E-state index contributed by atoms with van der Waals surface area (Å²) in [5, 5.41) is 5.22. The van der Waals surface area contributed by atoms with Crippen LogP contribution in [0.15, 0.2) is 42.5 Å². The van der Waals surface area contributed by atoms with E-state index in [0.29, 0.717) is 22.5 Å². The van der Waals surface area contributed by atoms with Gasteiger partial charge in [0, 0.05) is 17.4 Å². The van der Waals surface area contributed by atoms with Crippen molar-refractivity contribution in [2.45, 2.75) is 19.9 Å². The molecule has 2 aromatic rings. The number of rotatable bonds is 4. The van der Waals surface area contributed by atoms with Gasteiger partial charge in [-0.25, -0.2) is 9.59 Å². The third-order valence-corrected chi connectivity index (χ3v) is 4.23. The molecule has 0 fully saturated rings. The van der Waals surface area contributed by atoms with Gasteiger partial charge in [-0.3, -0.25) is 14.5 Å². The second kappa shape index (κ2) is 7.51. The Labute approximate surface area is 161 Å². The highest BCUT2D eigenvalue weighted by Gasteiger charge is 2.37. The Morgan fingerprint density at radius 1 is 0.929 bits per heavy atom. The van der Waals surface area contributed by atoms with Gasteiger partial charge in [0.2, 0.25) is 0 Å². The van der Waals surface area contributed by atoms with Gasteiger partial charge < -0.3 is 15.4 Å². The number of fused-ring (bicyclic) bond motifs is 1. The minimum Gasteiger partial charge on any atom is -0.465 e. The number of hydrogen-bond acceptors (Lipinski definition) is 5. The third-order valence-electron chi connectivity index (χ3n) is 4.23. The van der Waals surface area contributed by atoms with Gasteiger partial charge in [-0.1, -0.05) is 6.07 Å². The molecule has 0 saturated carbocycles. The van der Waals surface area contributed by atoms with Gasteiger partial charge in [-0.2, -0.15) is 0 Å². The fourth-order valence-electron chi connectivity index (χ4n) is 2.94. The van der Waals surface area contributed by atoms with Crippen molar-refractivity contribution in [1.82, 2.24) is 4.90 Å². The molecule has 1 aliphatic rings. The van der Waals surface area contributed by atoms with Gasteiger partial charge in [0.1, 0.15) is 0 Å². The van der Waals surface area contributed by atoms with Crippen LogP contribution in [0.3, 0.4) is 0 Å². The Kier molecular flexibility index (Phi) is 5.12. The van der Waals surface area contributed by atoms with Crippen molar-refractivity contribution in [2.75, 3.05) is 17.7 Å². The van der Waals surface area contributed by atoms with E-state index in [1.54, 1.807) is 38.1 Å². The molecule has 0 saturated heterocycles. The molecule has 1 heterocycles. The summed E-state index contributed by atoms with van der Waals surface area (Å²) < 4.78 is 4.65. The fourth-order valence-corrected chi connectivity index (χ4v) is 2.94. The number of nitrogens with one attached hydrogen (secondary N) is 2. The highest BCUT2D eigenvalue weighted by atomic mass is 16.5. The first-order valence-electron chi connectivity index (χ1n) is 8.60.